The van der Waals surface area contributed by atoms with Crippen LogP contribution < -0.4 is 11.1 Å². The molecule has 9 nitrogen and oxygen atoms in total. The molecule has 172 valence electrons. The fourth-order valence-electron chi connectivity index (χ4n) is 3.70. The molecule has 2 amide bonds. The minimum absolute atomic E-state index is 0.0111. The van der Waals surface area contributed by atoms with E-state index in [0.29, 0.717) is 39.6 Å². The van der Waals surface area contributed by atoms with Gasteiger partial charge >= 0.3 is 0 Å². The first-order chi connectivity index (χ1) is 15.7. The van der Waals surface area contributed by atoms with Gasteiger partial charge in [-0.25, -0.2) is 0 Å². The number of hydrogen-bond donors (Lipinski definition) is 2. The van der Waals surface area contributed by atoms with Gasteiger partial charge in [0.2, 0.25) is 0 Å². The van der Waals surface area contributed by atoms with Crippen LogP contribution in [0.25, 0.3) is 5.69 Å². The van der Waals surface area contributed by atoms with Crippen molar-refractivity contribution in [1.82, 2.24) is 24.8 Å². The van der Waals surface area contributed by atoms with Crippen molar-refractivity contribution < 1.29 is 9.59 Å². The Morgan fingerprint density at radius 1 is 1.09 bits per heavy atom. The van der Waals surface area contributed by atoms with Gasteiger partial charge in [-0.05, 0) is 56.9 Å². The predicted octanol–water partition coefficient (Wildman–Crippen LogP) is 3.19. The van der Waals surface area contributed by atoms with Crippen molar-refractivity contribution in [3.8, 4) is 5.69 Å². The highest BCUT2D eigenvalue weighted by Gasteiger charge is 2.28. The van der Waals surface area contributed by atoms with Crippen LogP contribution in [0.5, 0.6) is 0 Å². The van der Waals surface area contributed by atoms with E-state index in [1.54, 1.807) is 42.5 Å². The molecule has 0 bridgehead atoms. The number of halogens is 2. The zero-order valence-corrected chi connectivity index (χ0v) is 19.6. The molecule has 3 aromatic rings. The monoisotopic (exact) mass is 487 g/mol. The first-order valence-electron chi connectivity index (χ1n) is 10.3. The predicted molar refractivity (Wildman–Crippen MR) is 128 cm³/mol. The first kappa shape index (κ1) is 23.0. The van der Waals surface area contributed by atoms with Crippen molar-refractivity contribution >= 4 is 46.5 Å². The Bertz CT molecular complexity index is 1170. The van der Waals surface area contributed by atoms with Gasteiger partial charge in [0.05, 0.1) is 10.0 Å². The molecule has 4 rings (SSSR count). The summed E-state index contributed by atoms with van der Waals surface area (Å²) < 4.78 is 0. The van der Waals surface area contributed by atoms with E-state index in [-0.39, 0.29) is 17.4 Å². The maximum atomic E-state index is 12.8. The highest BCUT2D eigenvalue weighted by molar-refractivity contribution is 6.37. The smallest absolute Gasteiger partial charge is 0.273 e. The molecule has 0 spiro atoms. The lowest BCUT2D eigenvalue weighted by molar-refractivity contribution is 0.0783. The van der Waals surface area contributed by atoms with Gasteiger partial charge in [-0.2, -0.15) is 0 Å². The van der Waals surface area contributed by atoms with Crippen molar-refractivity contribution in [2.45, 2.75) is 12.5 Å². The van der Waals surface area contributed by atoms with E-state index in [0.717, 1.165) is 13.0 Å². The Labute approximate surface area is 201 Å². The molecule has 3 N–H and O–H groups in total. The molecule has 1 atom stereocenters. The second-order valence-corrected chi connectivity index (χ2v) is 8.80. The minimum atomic E-state index is -0.761. The Kier molecular flexibility index (Phi) is 6.55. The summed E-state index contributed by atoms with van der Waals surface area (Å²) >= 11 is 12.5. The molecule has 1 saturated heterocycles. The van der Waals surface area contributed by atoms with E-state index < -0.39 is 5.91 Å². The number of carbonyl (C=O) groups is 2. The number of rotatable bonds is 6. The summed E-state index contributed by atoms with van der Waals surface area (Å²) in [4.78, 5) is 29.9. The Morgan fingerprint density at radius 2 is 1.76 bits per heavy atom. The van der Waals surface area contributed by atoms with E-state index in [1.165, 1.54) is 4.80 Å². The molecule has 0 radical (unpaired) electrons. The van der Waals surface area contributed by atoms with Crippen LogP contribution in [0.4, 0.5) is 11.5 Å². The van der Waals surface area contributed by atoms with Gasteiger partial charge in [-0.1, -0.05) is 29.3 Å². The topological polar surface area (TPSA) is 109 Å². The standard InChI is InChI=1S/C22H23Cl2N7O2/c1-29(2)15-10-11-30(12-15)22(33)13-6-8-14(9-7-13)26-21-18(20(25)32)27-31(28-21)19-16(23)4-3-5-17(19)24/h3-9,15H,10-12H2,1-2H3,(H2,25,32)(H,26,28). The van der Waals surface area contributed by atoms with E-state index in [9.17, 15) is 9.59 Å². The number of nitrogens with two attached hydrogens (primary N) is 1. The quantitative estimate of drug-likeness (QED) is 0.552. The average molecular weight is 488 g/mol. The molecular formula is C22H23Cl2N7O2. The second-order valence-electron chi connectivity index (χ2n) is 7.98. The lowest BCUT2D eigenvalue weighted by atomic mass is 10.2. The summed E-state index contributed by atoms with van der Waals surface area (Å²) in [5, 5.41) is 12.1. The third-order valence-electron chi connectivity index (χ3n) is 5.56. The van der Waals surface area contributed by atoms with Gasteiger partial charge in [0, 0.05) is 30.4 Å². The zero-order valence-electron chi connectivity index (χ0n) is 18.1. The summed E-state index contributed by atoms with van der Waals surface area (Å²) in [6.45, 7) is 1.44. The molecule has 1 unspecified atom stereocenters. The summed E-state index contributed by atoms with van der Waals surface area (Å²) in [5.41, 5.74) is 6.94. The van der Waals surface area contributed by atoms with E-state index in [1.807, 2.05) is 19.0 Å². The van der Waals surface area contributed by atoms with Gasteiger partial charge in [0.25, 0.3) is 11.8 Å². The van der Waals surface area contributed by atoms with Crippen LogP contribution in [-0.4, -0.2) is 69.8 Å². The van der Waals surface area contributed by atoms with Gasteiger partial charge < -0.3 is 20.9 Å². The van der Waals surface area contributed by atoms with Crippen molar-refractivity contribution in [1.29, 1.82) is 0 Å². The van der Waals surface area contributed by atoms with Crippen molar-refractivity contribution in [3.05, 3.63) is 63.8 Å². The van der Waals surface area contributed by atoms with Gasteiger partial charge in [0.1, 0.15) is 5.69 Å². The first-order valence-corrected chi connectivity index (χ1v) is 11.0. The van der Waals surface area contributed by atoms with E-state index in [2.05, 4.69) is 20.4 Å². The number of anilines is 2. The molecule has 11 heteroatoms. The lowest BCUT2D eigenvalue weighted by Gasteiger charge is -2.20. The summed E-state index contributed by atoms with van der Waals surface area (Å²) in [6, 6.07) is 12.3. The zero-order chi connectivity index (χ0) is 23.7. The van der Waals surface area contributed by atoms with Crippen molar-refractivity contribution in [2.75, 3.05) is 32.5 Å². The molecule has 1 fully saturated rings. The number of nitrogens with one attached hydrogen (secondary N) is 1. The van der Waals surface area contributed by atoms with E-state index in [4.69, 9.17) is 28.9 Å². The van der Waals surface area contributed by atoms with Crippen LogP contribution in [0.3, 0.4) is 0 Å². The Morgan fingerprint density at radius 3 is 2.33 bits per heavy atom. The summed E-state index contributed by atoms with van der Waals surface area (Å²) in [5.74, 6) is -0.628. The molecule has 33 heavy (non-hydrogen) atoms. The Balaban J connectivity index is 1.54. The number of benzene rings is 2. The molecule has 1 aromatic heterocycles. The molecule has 1 aliphatic rings. The third kappa shape index (κ3) is 4.80. The third-order valence-corrected chi connectivity index (χ3v) is 6.17. The molecule has 2 heterocycles. The number of likely N-dealkylation sites (tertiary alicyclic amines) is 1. The van der Waals surface area contributed by atoms with Crippen LogP contribution in [0.1, 0.15) is 27.3 Å². The van der Waals surface area contributed by atoms with Crippen LogP contribution in [0.2, 0.25) is 10.0 Å². The highest BCUT2D eigenvalue weighted by atomic mass is 35.5. The van der Waals surface area contributed by atoms with Gasteiger partial charge in [0.15, 0.2) is 11.5 Å². The number of para-hydroxylation sites is 1. The second kappa shape index (κ2) is 9.38. The molecule has 0 aliphatic carbocycles. The number of nitrogens with zero attached hydrogens (tertiary/aromatic N) is 5. The minimum Gasteiger partial charge on any atom is -0.364 e. The largest absolute Gasteiger partial charge is 0.364 e. The normalized spacial score (nSPS) is 15.8. The van der Waals surface area contributed by atoms with Crippen molar-refractivity contribution in [2.24, 2.45) is 5.73 Å². The highest BCUT2D eigenvalue weighted by Crippen LogP contribution is 2.29. The number of likely N-dealkylation sites (N-methyl/N-ethyl adjacent to an activating group) is 1. The number of aromatic nitrogens is 3. The molecule has 1 aliphatic heterocycles. The molecule has 0 saturated carbocycles. The maximum Gasteiger partial charge on any atom is 0.273 e. The number of carbonyl (C=O) groups excluding carboxylic acids is 2. The fraction of sp³-hybridized carbons (Fsp3) is 0.273. The molecule has 2 aromatic carbocycles. The number of amides is 2. The maximum absolute atomic E-state index is 12.8. The number of hydrogen-bond acceptors (Lipinski definition) is 6. The fourth-order valence-corrected chi connectivity index (χ4v) is 4.25. The summed E-state index contributed by atoms with van der Waals surface area (Å²) in [6.07, 6.45) is 0.958. The van der Waals surface area contributed by atoms with Crippen LogP contribution in [0.15, 0.2) is 42.5 Å². The SMILES string of the molecule is CN(C)C1CCN(C(=O)c2ccc(Nc3nn(-c4c(Cl)cccc4Cl)nc3C(N)=O)cc2)C1. The Hall–Kier alpha value is -3.14. The summed E-state index contributed by atoms with van der Waals surface area (Å²) in [7, 11) is 4.05. The van der Waals surface area contributed by atoms with Gasteiger partial charge in [-0.15, -0.1) is 15.0 Å². The van der Waals surface area contributed by atoms with Gasteiger partial charge in [-0.3, -0.25) is 9.59 Å². The van der Waals surface area contributed by atoms with Crippen LogP contribution >= 0.6 is 23.2 Å². The number of primary amides is 1. The van der Waals surface area contributed by atoms with Crippen molar-refractivity contribution in [3.63, 3.8) is 0 Å². The average Bonchev–Trinajstić information content (AvgIpc) is 3.42. The lowest BCUT2D eigenvalue weighted by Crippen LogP contribution is -2.34. The van der Waals surface area contributed by atoms with E-state index >= 15 is 0 Å². The van der Waals surface area contributed by atoms with Crippen LogP contribution in [0, 0.1) is 0 Å². The molecular weight excluding hydrogens is 465 g/mol. The van der Waals surface area contributed by atoms with Crippen LogP contribution in [-0.2, 0) is 0 Å².